The van der Waals surface area contributed by atoms with Gasteiger partial charge < -0.3 is 10.7 Å². The van der Waals surface area contributed by atoms with Crippen molar-refractivity contribution in [1.82, 2.24) is 19.9 Å². The minimum Gasteiger partial charge on any atom is -0.382 e. The van der Waals surface area contributed by atoms with E-state index in [9.17, 15) is 4.39 Å². The van der Waals surface area contributed by atoms with Crippen molar-refractivity contribution in [2.45, 2.75) is 0 Å². The van der Waals surface area contributed by atoms with Gasteiger partial charge in [-0.3, -0.25) is 0 Å². The smallest absolute Gasteiger partial charge is 0.312 e. The largest absolute Gasteiger partial charge is 0.382 e. The zero-order chi connectivity index (χ0) is 9.84. The molecule has 0 aromatic carbocycles. The molecule has 0 aliphatic rings. The molecule has 0 saturated heterocycles. The minimum absolute atomic E-state index is 0.0741. The van der Waals surface area contributed by atoms with E-state index in [-0.39, 0.29) is 11.5 Å². The van der Waals surface area contributed by atoms with Crippen molar-refractivity contribution in [3.63, 3.8) is 0 Å². The van der Waals surface area contributed by atoms with E-state index in [2.05, 4.69) is 33.1 Å². The summed E-state index contributed by atoms with van der Waals surface area (Å²) < 4.78 is 12.4. The number of nitrogens with two attached hydrogens (primary N) is 1. The van der Waals surface area contributed by atoms with Crippen molar-refractivity contribution in [2.75, 3.05) is 5.73 Å². The highest BCUT2D eigenvalue weighted by Crippen LogP contribution is 2.11. The Bertz CT molecular complexity index is 410. The Labute approximate surface area is 73.5 Å². The molecule has 2 heterocycles. The van der Waals surface area contributed by atoms with Gasteiger partial charge in [0.25, 0.3) is 0 Å². The van der Waals surface area contributed by atoms with Crippen LogP contribution in [0.1, 0.15) is 0 Å². The number of hydrogen-bond acceptors (Lipinski definition) is 4. The van der Waals surface area contributed by atoms with Crippen LogP contribution in [0.25, 0.3) is 11.2 Å². The molecule has 13 heavy (non-hydrogen) atoms. The minimum atomic E-state index is -0.859. The van der Waals surface area contributed by atoms with Crippen LogP contribution in [0.15, 0.2) is 19.5 Å². The van der Waals surface area contributed by atoms with Crippen LogP contribution in [0.5, 0.6) is 0 Å². The van der Waals surface area contributed by atoms with E-state index in [1.807, 2.05) is 0 Å². The third-order valence-electron chi connectivity index (χ3n) is 1.29. The number of fused-ring (bicyclic) bond motifs is 1. The lowest BCUT2D eigenvalue weighted by molar-refractivity contribution is 0.546. The van der Waals surface area contributed by atoms with Crippen molar-refractivity contribution in [2.24, 2.45) is 0 Å². The maximum atomic E-state index is 12.4. The van der Waals surface area contributed by atoms with Crippen LogP contribution < -0.4 is 5.73 Å². The second-order valence-electron chi connectivity index (χ2n) is 1.98. The molecule has 0 aliphatic carbocycles. The number of rotatable bonds is 0. The van der Waals surface area contributed by atoms with Crippen LogP contribution in [0, 0.1) is 6.08 Å². The molecule has 0 bridgehead atoms. The van der Waals surface area contributed by atoms with Gasteiger partial charge in [-0.1, -0.05) is 0 Å². The zero-order valence-electron chi connectivity index (χ0n) is 6.79. The number of aromatic amines is 1. The molecule has 0 spiro atoms. The quantitative estimate of drug-likeness (QED) is 0.467. The Morgan fingerprint density at radius 3 is 2.77 bits per heavy atom. The number of nitrogen functional groups attached to an aromatic ring is 1. The second-order valence-corrected chi connectivity index (χ2v) is 1.98. The number of imidazole rings is 1. The highest BCUT2D eigenvalue weighted by Gasteiger charge is 2.04. The molecular formula is C7H8FN5. The number of hydrogen-bond donors (Lipinski definition) is 2. The average molecular weight is 181 g/mol. The molecule has 0 fully saturated rings. The van der Waals surface area contributed by atoms with Crippen molar-refractivity contribution >= 4 is 17.0 Å². The van der Waals surface area contributed by atoms with Crippen molar-refractivity contribution in [3.8, 4) is 0 Å². The standard InChI is InChI=1S/C5H4FN5.C2H4/c6-5-10-3(7)2-4(11-5)9-1-8-2;1-2/h1H,(H3,7,8,9,10,11);1-2H2. The number of H-pyrrole nitrogens is 1. The molecule has 2 rings (SSSR count). The zero-order valence-corrected chi connectivity index (χ0v) is 6.79. The maximum Gasteiger partial charge on any atom is 0.312 e. The molecule has 0 aliphatic heterocycles. The van der Waals surface area contributed by atoms with E-state index in [4.69, 9.17) is 5.73 Å². The summed E-state index contributed by atoms with van der Waals surface area (Å²) >= 11 is 0. The Kier molecular flexibility index (Phi) is 2.53. The van der Waals surface area contributed by atoms with E-state index in [0.717, 1.165) is 0 Å². The summed E-state index contributed by atoms with van der Waals surface area (Å²) in [7, 11) is 0. The SMILES string of the molecule is C=C.Nc1nc(F)nc2nc[nH]c12. The first-order valence-electron chi connectivity index (χ1n) is 3.39. The fraction of sp³-hybridized carbons (Fsp3) is 0. The number of anilines is 1. The molecule has 0 unspecified atom stereocenters. The fourth-order valence-corrected chi connectivity index (χ4v) is 0.828. The summed E-state index contributed by atoms with van der Waals surface area (Å²) in [5, 5.41) is 0. The third kappa shape index (κ3) is 1.61. The summed E-state index contributed by atoms with van der Waals surface area (Å²) in [5.41, 5.74) is 6.05. The molecule has 0 saturated carbocycles. The molecular weight excluding hydrogens is 173 g/mol. The highest BCUT2D eigenvalue weighted by atomic mass is 19.1. The van der Waals surface area contributed by atoms with Crippen LogP contribution in [0.4, 0.5) is 10.2 Å². The van der Waals surface area contributed by atoms with Crippen molar-refractivity contribution in [3.05, 3.63) is 25.6 Å². The van der Waals surface area contributed by atoms with Gasteiger partial charge in [0.2, 0.25) is 0 Å². The van der Waals surface area contributed by atoms with Gasteiger partial charge in [-0.05, 0) is 0 Å². The van der Waals surface area contributed by atoms with Gasteiger partial charge in [-0.15, -0.1) is 13.2 Å². The number of nitrogens with one attached hydrogen (secondary N) is 1. The molecule has 2 aromatic heterocycles. The van der Waals surface area contributed by atoms with E-state index in [1.165, 1.54) is 6.33 Å². The lowest BCUT2D eigenvalue weighted by Crippen LogP contribution is -1.97. The lowest BCUT2D eigenvalue weighted by Gasteiger charge is -1.91. The summed E-state index contributed by atoms with van der Waals surface area (Å²) in [4.78, 5) is 13.1. The predicted molar refractivity (Wildman–Crippen MR) is 47.3 cm³/mol. The number of halogens is 1. The summed E-state index contributed by atoms with van der Waals surface area (Å²) in [6.45, 7) is 6.00. The van der Waals surface area contributed by atoms with Gasteiger partial charge in [0.1, 0.15) is 5.52 Å². The van der Waals surface area contributed by atoms with Gasteiger partial charge in [0.05, 0.1) is 6.33 Å². The Balaban J connectivity index is 0.000000396. The topological polar surface area (TPSA) is 80.5 Å². The Morgan fingerprint density at radius 1 is 1.38 bits per heavy atom. The lowest BCUT2D eigenvalue weighted by atomic mass is 10.5. The first kappa shape index (κ1) is 9.11. The summed E-state index contributed by atoms with van der Waals surface area (Å²) in [6, 6.07) is 0. The van der Waals surface area contributed by atoms with E-state index < -0.39 is 6.08 Å². The maximum absolute atomic E-state index is 12.4. The van der Waals surface area contributed by atoms with Gasteiger partial charge in [0.15, 0.2) is 11.5 Å². The first-order chi connectivity index (χ1) is 6.27. The normalized spacial score (nSPS) is 9.31. The molecule has 3 N–H and O–H groups in total. The van der Waals surface area contributed by atoms with E-state index in [1.54, 1.807) is 0 Å². The van der Waals surface area contributed by atoms with Gasteiger partial charge in [0, 0.05) is 0 Å². The molecule has 2 aromatic rings. The third-order valence-corrected chi connectivity index (χ3v) is 1.29. The van der Waals surface area contributed by atoms with Gasteiger partial charge in [-0.2, -0.15) is 14.4 Å². The highest BCUT2D eigenvalue weighted by molar-refractivity contribution is 5.80. The Morgan fingerprint density at radius 2 is 2.08 bits per heavy atom. The first-order valence-corrected chi connectivity index (χ1v) is 3.39. The van der Waals surface area contributed by atoms with Crippen LogP contribution >= 0.6 is 0 Å². The van der Waals surface area contributed by atoms with Gasteiger partial charge >= 0.3 is 6.08 Å². The molecule has 5 nitrogen and oxygen atoms in total. The predicted octanol–water partition coefficient (Wildman–Crippen LogP) is 0.876. The van der Waals surface area contributed by atoms with Crippen LogP contribution in [-0.4, -0.2) is 19.9 Å². The monoisotopic (exact) mass is 181 g/mol. The second kappa shape index (κ2) is 3.61. The number of nitrogens with zero attached hydrogens (tertiary/aromatic N) is 3. The van der Waals surface area contributed by atoms with Crippen molar-refractivity contribution < 1.29 is 4.39 Å². The van der Waals surface area contributed by atoms with Crippen molar-refractivity contribution in [1.29, 1.82) is 0 Å². The summed E-state index contributed by atoms with van der Waals surface area (Å²) in [5.74, 6) is 0.0741. The van der Waals surface area contributed by atoms with E-state index >= 15 is 0 Å². The van der Waals surface area contributed by atoms with Crippen LogP contribution in [-0.2, 0) is 0 Å². The summed E-state index contributed by atoms with van der Waals surface area (Å²) in [6.07, 6.45) is 0.525. The molecule has 6 heteroatoms. The fourth-order valence-electron chi connectivity index (χ4n) is 0.828. The van der Waals surface area contributed by atoms with Gasteiger partial charge in [-0.25, -0.2) is 4.98 Å². The van der Waals surface area contributed by atoms with E-state index in [0.29, 0.717) is 5.52 Å². The molecule has 0 atom stereocenters. The molecule has 68 valence electrons. The Hall–Kier alpha value is -1.98. The number of aromatic nitrogens is 4. The average Bonchev–Trinajstić information content (AvgIpc) is 2.55. The molecule has 0 radical (unpaired) electrons. The van der Waals surface area contributed by atoms with Crippen LogP contribution in [0.3, 0.4) is 0 Å². The van der Waals surface area contributed by atoms with Crippen LogP contribution in [0.2, 0.25) is 0 Å². The molecule has 0 amide bonds.